The molecule has 102 valence electrons. The van der Waals surface area contributed by atoms with E-state index in [-0.39, 0.29) is 5.56 Å². The molecule has 20 heavy (non-hydrogen) atoms. The van der Waals surface area contributed by atoms with Crippen LogP contribution < -0.4 is 11.2 Å². The number of aromatic amines is 1. The Labute approximate surface area is 116 Å². The fourth-order valence-electron chi connectivity index (χ4n) is 2.24. The van der Waals surface area contributed by atoms with Gasteiger partial charge in [0.25, 0.3) is 5.56 Å². The minimum atomic E-state index is -0.652. The average molecular weight is 269 g/mol. The first kappa shape index (κ1) is 13.8. The van der Waals surface area contributed by atoms with Crippen molar-refractivity contribution in [3.63, 3.8) is 0 Å². The van der Waals surface area contributed by atoms with Crippen LogP contribution in [0.3, 0.4) is 0 Å². The third kappa shape index (κ3) is 2.28. The molecule has 1 heterocycles. The first-order valence-electron chi connectivity index (χ1n) is 6.49. The van der Waals surface area contributed by atoms with E-state index in [0.717, 1.165) is 29.7 Å². The van der Waals surface area contributed by atoms with Gasteiger partial charge in [-0.05, 0) is 24.0 Å². The summed E-state index contributed by atoms with van der Waals surface area (Å²) in [6.45, 7) is 4.00. The van der Waals surface area contributed by atoms with Gasteiger partial charge in [0.15, 0.2) is 0 Å². The Bertz CT molecular complexity index is 772. The zero-order chi connectivity index (χ0) is 14.7. The molecule has 0 amide bonds. The Hall–Kier alpha value is -2.61. The van der Waals surface area contributed by atoms with Gasteiger partial charge in [-0.1, -0.05) is 32.0 Å². The number of nitriles is 1. The van der Waals surface area contributed by atoms with E-state index in [0.29, 0.717) is 0 Å². The summed E-state index contributed by atoms with van der Waals surface area (Å²) in [5.41, 5.74) is 1.52. The van der Waals surface area contributed by atoms with Crippen LogP contribution in [0.15, 0.2) is 34.0 Å². The lowest BCUT2D eigenvalue weighted by atomic mass is 10.0. The normalized spacial score (nSPS) is 10.2. The number of nitrogens with zero attached hydrogens (tertiary/aromatic N) is 2. The van der Waals surface area contributed by atoms with E-state index in [1.165, 1.54) is 10.8 Å². The molecule has 1 aromatic carbocycles. The van der Waals surface area contributed by atoms with Crippen LogP contribution in [0.1, 0.15) is 30.5 Å². The number of nitrogens with one attached hydrogen (secondary N) is 1. The summed E-state index contributed by atoms with van der Waals surface area (Å²) >= 11 is 0. The van der Waals surface area contributed by atoms with E-state index in [9.17, 15) is 9.59 Å². The molecule has 0 aliphatic carbocycles. The van der Waals surface area contributed by atoms with Gasteiger partial charge < -0.3 is 0 Å². The summed E-state index contributed by atoms with van der Waals surface area (Å²) in [7, 11) is 0. The molecule has 0 saturated heterocycles. The second-order valence-corrected chi connectivity index (χ2v) is 4.42. The molecule has 1 aromatic heterocycles. The second kappa shape index (κ2) is 5.57. The Morgan fingerprint density at radius 3 is 2.30 bits per heavy atom. The predicted octanol–water partition coefficient (Wildman–Crippen LogP) is 1.52. The summed E-state index contributed by atoms with van der Waals surface area (Å²) in [6, 6.07) is 7.64. The van der Waals surface area contributed by atoms with Gasteiger partial charge in [-0.2, -0.15) is 5.26 Å². The van der Waals surface area contributed by atoms with E-state index >= 15 is 0 Å². The standard InChI is InChI=1S/C15H15N3O2/c1-3-10-6-5-7-11(4-2)13(10)18-9-12(8-16)14(19)17-15(18)20/h5-7,9H,3-4H2,1-2H3,(H,17,19,20). The van der Waals surface area contributed by atoms with Crippen LogP contribution in [0, 0.1) is 11.3 Å². The SMILES string of the molecule is CCc1cccc(CC)c1-n1cc(C#N)c(=O)[nH]c1=O. The van der Waals surface area contributed by atoms with Gasteiger partial charge >= 0.3 is 5.69 Å². The molecule has 0 saturated carbocycles. The highest BCUT2D eigenvalue weighted by Gasteiger charge is 2.12. The number of benzene rings is 1. The Kier molecular flexibility index (Phi) is 3.85. The van der Waals surface area contributed by atoms with Crippen LogP contribution >= 0.6 is 0 Å². The zero-order valence-electron chi connectivity index (χ0n) is 11.4. The van der Waals surface area contributed by atoms with Gasteiger partial charge in [-0.15, -0.1) is 0 Å². The number of aromatic nitrogens is 2. The number of hydrogen-bond acceptors (Lipinski definition) is 3. The van der Waals surface area contributed by atoms with Gasteiger partial charge in [0, 0.05) is 6.20 Å². The van der Waals surface area contributed by atoms with Crippen LogP contribution in [-0.4, -0.2) is 9.55 Å². The van der Waals surface area contributed by atoms with Crippen molar-refractivity contribution in [1.29, 1.82) is 5.26 Å². The number of para-hydroxylation sites is 1. The van der Waals surface area contributed by atoms with E-state index in [1.54, 1.807) is 6.07 Å². The second-order valence-electron chi connectivity index (χ2n) is 4.42. The maximum absolute atomic E-state index is 12.0. The monoisotopic (exact) mass is 269 g/mol. The third-order valence-electron chi connectivity index (χ3n) is 3.27. The number of hydrogen-bond donors (Lipinski definition) is 1. The van der Waals surface area contributed by atoms with Gasteiger partial charge in [-0.3, -0.25) is 14.3 Å². The lowest BCUT2D eigenvalue weighted by Crippen LogP contribution is -2.31. The van der Waals surface area contributed by atoms with Crippen molar-refractivity contribution >= 4 is 0 Å². The average Bonchev–Trinajstić information content (AvgIpc) is 2.46. The van der Waals surface area contributed by atoms with Crippen molar-refractivity contribution < 1.29 is 0 Å². The van der Waals surface area contributed by atoms with Crippen molar-refractivity contribution in [1.82, 2.24) is 9.55 Å². The summed E-state index contributed by atoms with van der Waals surface area (Å²) < 4.78 is 1.36. The Morgan fingerprint density at radius 2 is 1.80 bits per heavy atom. The smallest absolute Gasteiger partial charge is 0.273 e. The zero-order valence-corrected chi connectivity index (χ0v) is 11.4. The van der Waals surface area contributed by atoms with E-state index in [1.807, 2.05) is 32.0 Å². The Morgan fingerprint density at radius 1 is 1.20 bits per heavy atom. The van der Waals surface area contributed by atoms with Crippen LogP contribution in [0.4, 0.5) is 0 Å². The molecule has 0 spiro atoms. The molecule has 0 radical (unpaired) electrons. The maximum atomic E-state index is 12.0. The predicted molar refractivity (Wildman–Crippen MR) is 76.1 cm³/mol. The van der Waals surface area contributed by atoms with Crippen LogP contribution in [0.25, 0.3) is 5.69 Å². The first-order valence-corrected chi connectivity index (χ1v) is 6.49. The highest BCUT2D eigenvalue weighted by atomic mass is 16.2. The quantitative estimate of drug-likeness (QED) is 0.917. The van der Waals surface area contributed by atoms with Crippen molar-refractivity contribution in [2.24, 2.45) is 0 Å². The number of H-pyrrole nitrogens is 1. The molecule has 0 fully saturated rings. The molecule has 2 rings (SSSR count). The maximum Gasteiger partial charge on any atom is 0.333 e. The molecule has 2 aromatic rings. The molecule has 1 N–H and O–H groups in total. The first-order chi connectivity index (χ1) is 9.62. The highest BCUT2D eigenvalue weighted by Crippen LogP contribution is 2.19. The molecule has 0 bridgehead atoms. The highest BCUT2D eigenvalue weighted by molar-refractivity contribution is 5.49. The largest absolute Gasteiger partial charge is 0.333 e. The summed E-state index contributed by atoms with van der Waals surface area (Å²) in [6.07, 6.45) is 2.84. The molecule has 5 heteroatoms. The lowest BCUT2D eigenvalue weighted by Gasteiger charge is -2.14. The van der Waals surface area contributed by atoms with E-state index in [4.69, 9.17) is 5.26 Å². The van der Waals surface area contributed by atoms with Gasteiger partial charge in [0.2, 0.25) is 0 Å². The van der Waals surface area contributed by atoms with E-state index in [2.05, 4.69) is 4.98 Å². The fraction of sp³-hybridized carbons (Fsp3) is 0.267. The van der Waals surface area contributed by atoms with Crippen molar-refractivity contribution in [3.8, 4) is 11.8 Å². The summed E-state index contributed by atoms with van der Waals surface area (Å²) in [5.74, 6) is 0. The van der Waals surface area contributed by atoms with Crippen molar-refractivity contribution in [2.45, 2.75) is 26.7 Å². The molecule has 5 nitrogen and oxygen atoms in total. The van der Waals surface area contributed by atoms with Crippen LogP contribution in [0.5, 0.6) is 0 Å². The molecular weight excluding hydrogens is 254 g/mol. The van der Waals surface area contributed by atoms with Gasteiger partial charge in [0.05, 0.1) is 5.69 Å². The van der Waals surface area contributed by atoms with Crippen LogP contribution in [-0.2, 0) is 12.8 Å². The molecule has 0 aliphatic rings. The van der Waals surface area contributed by atoms with Crippen LogP contribution in [0.2, 0.25) is 0 Å². The van der Waals surface area contributed by atoms with Crippen molar-refractivity contribution in [3.05, 3.63) is 61.9 Å². The lowest BCUT2D eigenvalue weighted by molar-refractivity contribution is 0.859. The van der Waals surface area contributed by atoms with Gasteiger partial charge in [0.1, 0.15) is 11.6 Å². The molecule has 0 atom stereocenters. The number of aryl methyl sites for hydroxylation is 2. The minimum Gasteiger partial charge on any atom is -0.273 e. The van der Waals surface area contributed by atoms with Gasteiger partial charge in [-0.25, -0.2) is 4.79 Å². The third-order valence-corrected chi connectivity index (χ3v) is 3.27. The molecule has 0 unspecified atom stereocenters. The molecular formula is C15H15N3O2. The Balaban J connectivity index is 2.85. The summed E-state index contributed by atoms with van der Waals surface area (Å²) in [5, 5.41) is 8.95. The minimum absolute atomic E-state index is 0.0717. The van der Waals surface area contributed by atoms with Crippen molar-refractivity contribution in [2.75, 3.05) is 0 Å². The molecule has 0 aliphatic heterocycles. The fourth-order valence-corrected chi connectivity index (χ4v) is 2.24. The van der Waals surface area contributed by atoms with E-state index < -0.39 is 11.2 Å². The number of rotatable bonds is 3. The topological polar surface area (TPSA) is 78.7 Å². The summed E-state index contributed by atoms with van der Waals surface area (Å²) in [4.78, 5) is 25.7.